The summed E-state index contributed by atoms with van der Waals surface area (Å²) < 4.78 is 5.18. The number of carbonyl (C=O) groups excluding carboxylic acids is 1. The molecule has 1 amide bonds. The summed E-state index contributed by atoms with van der Waals surface area (Å²) in [5, 5.41) is 6.36. The normalized spacial score (nSPS) is 18.6. The zero-order valence-electron chi connectivity index (χ0n) is 11.9. The van der Waals surface area contributed by atoms with Gasteiger partial charge in [0.2, 0.25) is 5.91 Å². The molecule has 2 rings (SSSR count). The number of hydrogen-bond donors (Lipinski definition) is 2. The number of nitrogens with one attached hydrogen (secondary N) is 2. The third kappa shape index (κ3) is 5.06. The van der Waals surface area contributed by atoms with E-state index in [1.807, 2.05) is 36.0 Å². The van der Waals surface area contributed by atoms with Crippen LogP contribution < -0.4 is 15.4 Å². The number of methoxy groups -OCH3 is 1. The predicted molar refractivity (Wildman–Crippen MR) is 83.4 cm³/mol. The minimum atomic E-state index is 0.132. The van der Waals surface area contributed by atoms with Crippen LogP contribution in [0.5, 0.6) is 5.75 Å². The van der Waals surface area contributed by atoms with E-state index in [1.54, 1.807) is 7.11 Å². The highest BCUT2D eigenvalue weighted by atomic mass is 32.2. The lowest BCUT2D eigenvalue weighted by atomic mass is 10.1. The summed E-state index contributed by atoms with van der Waals surface area (Å²) >= 11 is 1.91. The molecule has 1 aliphatic rings. The molecule has 4 nitrogen and oxygen atoms in total. The summed E-state index contributed by atoms with van der Waals surface area (Å²) in [6.45, 7) is 1.68. The maximum Gasteiger partial charge on any atom is 0.221 e. The standard InChI is InChI=1S/C15H22N2O2S/c1-19-14-4-2-3-12(9-14)5-6-17-15(18)10-13-11-20-8-7-16-13/h2-4,9,13,16H,5-8,10-11H2,1H3,(H,17,18). The molecule has 20 heavy (non-hydrogen) atoms. The van der Waals surface area contributed by atoms with Crippen LogP contribution in [0.4, 0.5) is 0 Å². The van der Waals surface area contributed by atoms with E-state index >= 15 is 0 Å². The number of rotatable bonds is 6. The van der Waals surface area contributed by atoms with Crippen LogP contribution >= 0.6 is 11.8 Å². The van der Waals surface area contributed by atoms with Crippen LogP contribution in [-0.2, 0) is 11.2 Å². The molecule has 1 aromatic rings. The summed E-state index contributed by atoms with van der Waals surface area (Å²) in [7, 11) is 1.66. The molecule has 0 radical (unpaired) electrons. The molecule has 1 heterocycles. The van der Waals surface area contributed by atoms with Crippen LogP contribution in [0.25, 0.3) is 0 Å². The molecule has 1 fully saturated rings. The molecule has 5 heteroatoms. The first kappa shape index (κ1) is 15.2. The Morgan fingerprint density at radius 1 is 1.55 bits per heavy atom. The maximum absolute atomic E-state index is 11.8. The Hall–Kier alpha value is -1.20. The Morgan fingerprint density at radius 3 is 3.20 bits per heavy atom. The van der Waals surface area contributed by atoms with Crippen LogP contribution in [0, 0.1) is 0 Å². The molecule has 0 aromatic heterocycles. The number of thioether (sulfide) groups is 1. The largest absolute Gasteiger partial charge is 0.497 e. The molecule has 1 unspecified atom stereocenters. The molecule has 110 valence electrons. The Balaban J connectivity index is 1.67. The fourth-order valence-corrected chi connectivity index (χ4v) is 3.17. The zero-order chi connectivity index (χ0) is 14.2. The van der Waals surface area contributed by atoms with Gasteiger partial charge in [0, 0.05) is 37.1 Å². The Labute approximate surface area is 124 Å². The summed E-state index contributed by atoms with van der Waals surface area (Å²) in [4.78, 5) is 11.8. The molecule has 1 saturated heterocycles. The third-order valence-electron chi connectivity index (χ3n) is 3.30. The average Bonchev–Trinajstić information content (AvgIpc) is 2.48. The minimum absolute atomic E-state index is 0.132. The van der Waals surface area contributed by atoms with Crippen molar-refractivity contribution in [2.75, 3.05) is 31.7 Å². The van der Waals surface area contributed by atoms with Crippen LogP contribution in [0.3, 0.4) is 0 Å². The molecule has 0 saturated carbocycles. The molecule has 2 N–H and O–H groups in total. The molecular formula is C15H22N2O2S. The zero-order valence-corrected chi connectivity index (χ0v) is 12.7. The first-order valence-electron chi connectivity index (χ1n) is 6.98. The van der Waals surface area contributed by atoms with Gasteiger partial charge in [-0.3, -0.25) is 4.79 Å². The van der Waals surface area contributed by atoms with Crippen molar-refractivity contribution in [1.29, 1.82) is 0 Å². The Morgan fingerprint density at radius 2 is 2.45 bits per heavy atom. The lowest BCUT2D eigenvalue weighted by Crippen LogP contribution is -2.41. The highest BCUT2D eigenvalue weighted by Crippen LogP contribution is 2.13. The summed E-state index contributed by atoms with van der Waals surface area (Å²) in [5.41, 5.74) is 1.18. The fourth-order valence-electron chi connectivity index (χ4n) is 2.22. The van der Waals surface area contributed by atoms with E-state index in [0.29, 0.717) is 19.0 Å². The van der Waals surface area contributed by atoms with Crippen LogP contribution in [0.15, 0.2) is 24.3 Å². The quantitative estimate of drug-likeness (QED) is 0.834. The van der Waals surface area contributed by atoms with E-state index in [4.69, 9.17) is 4.74 Å². The van der Waals surface area contributed by atoms with Gasteiger partial charge in [0.1, 0.15) is 5.75 Å². The fraction of sp³-hybridized carbons (Fsp3) is 0.533. The van der Waals surface area contributed by atoms with Crippen molar-refractivity contribution in [3.05, 3.63) is 29.8 Å². The van der Waals surface area contributed by atoms with Crippen molar-refractivity contribution in [3.63, 3.8) is 0 Å². The van der Waals surface area contributed by atoms with E-state index in [-0.39, 0.29) is 5.91 Å². The van der Waals surface area contributed by atoms with Crippen molar-refractivity contribution < 1.29 is 9.53 Å². The maximum atomic E-state index is 11.8. The van der Waals surface area contributed by atoms with Crippen molar-refractivity contribution in [2.45, 2.75) is 18.9 Å². The average molecular weight is 294 g/mol. The number of hydrogen-bond acceptors (Lipinski definition) is 4. The van der Waals surface area contributed by atoms with E-state index < -0.39 is 0 Å². The molecule has 1 aliphatic heterocycles. The Kier molecular flexibility index (Phi) is 6.21. The molecule has 1 atom stereocenters. The number of benzene rings is 1. The highest BCUT2D eigenvalue weighted by molar-refractivity contribution is 7.99. The van der Waals surface area contributed by atoms with Gasteiger partial charge in [-0.25, -0.2) is 0 Å². The number of amides is 1. The van der Waals surface area contributed by atoms with Gasteiger partial charge in [-0.15, -0.1) is 0 Å². The van der Waals surface area contributed by atoms with Crippen LogP contribution in [0.2, 0.25) is 0 Å². The van der Waals surface area contributed by atoms with Gasteiger partial charge in [-0.1, -0.05) is 12.1 Å². The summed E-state index contributed by atoms with van der Waals surface area (Å²) in [5.74, 6) is 3.17. The van der Waals surface area contributed by atoms with Crippen molar-refractivity contribution in [3.8, 4) is 5.75 Å². The van der Waals surface area contributed by atoms with Gasteiger partial charge in [0.25, 0.3) is 0 Å². The molecular weight excluding hydrogens is 272 g/mol. The lowest BCUT2D eigenvalue weighted by molar-refractivity contribution is -0.121. The van der Waals surface area contributed by atoms with Gasteiger partial charge in [-0.2, -0.15) is 11.8 Å². The van der Waals surface area contributed by atoms with Gasteiger partial charge < -0.3 is 15.4 Å². The first-order chi connectivity index (χ1) is 9.78. The first-order valence-corrected chi connectivity index (χ1v) is 8.14. The predicted octanol–water partition coefficient (Wildman–Crippen LogP) is 1.45. The second-order valence-electron chi connectivity index (χ2n) is 4.88. The van der Waals surface area contributed by atoms with E-state index in [1.165, 1.54) is 5.56 Å². The smallest absolute Gasteiger partial charge is 0.221 e. The van der Waals surface area contributed by atoms with Crippen molar-refractivity contribution >= 4 is 17.7 Å². The topological polar surface area (TPSA) is 50.4 Å². The molecule has 0 spiro atoms. The van der Waals surface area contributed by atoms with Crippen LogP contribution in [-0.4, -0.2) is 43.7 Å². The molecule has 0 aliphatic carbocycles. The van der Waals surface area contributed by atoms with Gasteiger partial charge in [0.15, 0.2) is 0 Å². The second kappa shape index (κ2) is 8.17. The van der Waals surface area contributed by atoms with E-state index in [0.717, 1.165) is 30.2 Å². The number of ether oxygens (including phenoxy) is 1. The Bertz CT molecular complexity index is 434. The number of carbonyl (C=O) groups is 1. The third-order valence-corrected chi connectivity index (χ3v) is 4.43. The lowest BCUT2D eigenvalue weighted by Gasteiger charge is -2.22. The van der Waals surface area contributed by atoms with Gasteiger partial charge >= 0.3 is 0 Å². The second-order valence-corrected chi connectivity index (χ2v) is 6.03. The SMILES string of the molecule is COc1cccc(CCNC(=O)CC2CSCCN2)c1. The van der Waals surface area contributed by atoms with Crippen molar-refractivity contribution in [1.82, 2.24) is 10.6 Å². The molecule has 1 aromatic carbocycles. The van der Waals surface area contributed by atoms with E-state index in [9.17, 15) is 4.79 Å². The monoisotopic (exact) mass is 294 g/mol. The molecule has 0 bridgehead atoms. The van der Waals surface area contributed by atoms with Gasteiger partial charge in [-0.05, 0) is 24.1 Å². The summed E-state index contributed by atoms with van der Waals surface area (Å²) in [6, 6.07) is 8.28. The van der Waals surface area contributed by atoms with E-state index in [2.05, 4.69) is 10.6 Å². The highest BCUT2D eigenvalue weighted by Gasteiger charge is 2.16. The van der Waals surface area contributed by atoms with Gasteiger partial charge in [0.05, 0.1) is 7.11 Å². The minimum Gasteiger partial charge on any atom is -0.497 e. The summed E-state index contributed by atoms with van der Waals surface area (Å²) in [6.07, 6.45) is 1.40. The van der Waals surface area contributed by atoms with Crippen molar-refractivity contribution in [2.24, 2.45) is 0 Å². The van der Waals surface area contributed by atoms with Crippen LogP contribution in [0.1, 0.15) is 12.0 Å².